The lowest BCUT2D eigenvalue weighted by Gasteiger charge is -2.18. The molecule has 1 rings (SSSR count). The van der Waals surface area contributed by atoms with E-state index in [2.05, 4.69) is 15.5 Å². The van der Waals surface area contributed by atoms with Crippen LogP contribution < -0.4 is 11.1 Å². The monoisotopic (exact) mass is 238 g/mol. The number of nitrogens with one attached hydrogen (secondary N) is 1. The molecule has 0 aliphatic heterocycles. The fourth-order valence-electron chi connectivity index (χ4n) is 1.36. The Morgan fingerprint density at radius 3 is 2.88 bits per heavy atom. The standard InChI is InChI=1S/C11H18N4O2/c1-11(2,16)7-13-6-8-4-3-5-14-9(8)10(12)15-17/h3-5,13,16-17H,6-7H2,1-2H3,(H2,12,15). The van der Waals surface area contributed by atoms with Crippen LogP contribution in [0, 0.1) is 0 Å². The predicted octanol–water partition coefficient (Wildman–Crippen LogP) is 0.0366. The highest BCUT2D eigenvalue weighted by Gasteiger charge is 2.13. The van der Waals surface area contributed by atoms with Crippen molar-refractivity contribution in [1.29, 1.82) is 0 Å². The molecular weight excluding hydrogens is 220 g/mol. The summed E-state index contributed by atoms with van der Waals surface area (Å²) in [6.45, 7) is 4.36. The van der Waals surface area contributed by atoms with Gasteiger partial charge in [-0.25, -0.2) is 0 Å². The molecule has 94 valence electrons. The van der Waals surface area contributed by atoms with Crippen LogP contribution in [0.2, 0.25) is 0 Å². The van der Waals surface area contributed by atoms with Crippen LogP contribution in [0.3, 0.4) is 0 Å². The molecule has 0 radical (unpaired) electrons. The Hall–Kier alpha value is -1.66. The van der Waals surface area contributed by atoms with Gasteiger partial charge in [0, 0.05) is 19.3 Å². The third-order valence-corrected chi connectivity index (χ3v) is 2.11. The molecule has 5 N–H and O–H groups in total. The number of rotatable bonds is 5. The lowest BCUT2D eigenvalue weighted by atomic mass is 10.1. The van der Waals surface area contributed by atoms with Gasteiger partial charge in [-0.2, -0.15) is 0 Å². The summed E-state index contributed by atoms with van der Waals surface area (Å²) in [6.07, 6.45) is 1.58. The Balaban J connectivity index is 2.71. The van der Waals surface area contributed by atoms with Crippen LogP contribution in [0.4, 0.5) is 0 Å². The first-order valence-electron chi connectivity index (χ1n) is 5.29. The summed E-state index contributed by atoms with van der Waals surface area (Å²) in [5, 5.41) is 24.2. The van der Waals surface area contributed by atoms with E-state index >= 15 is 0 Å². The summed E-state index contributed by atoms with van der Waals surface area (Å²) in [6, 6.07) is 3.60. The quantitative estimate of drug-likeness (QED) is 0.251. The summed E-state index contributed by atoms with van der Waals surface area (Å²) < 4.78 is 0. The molecule has 1 aromatic heterocycles. The minimum atomic E-state index is -0.779. The van der Waals surface area contributed by atoms with Gasteiger partial charge in [0.05, 0.1) is 5.60 Å². The molecule has 6 nitrogen and oxygen atoms in total. The highest BCUT2D eigenvalue weighted by molar-refractivity contribution is 5.96. The van der Waals surface area contributed by atoms with Crippen molar-refractivity contribution < 1.29 is 10.3 Å². The topological polar surface area (TPSA) is 104 Å². The van der Waals surface area contributed by atoms with Crippen molar-refractivity contribution in [2.75, 3.05) is 6.54 Å². The van der Waals surface area contributed by atoms with E-state index in [-0.39, 0.29) is 5.84 Å². The fourth-order valence-corrected chi connectivity index (χ4v) is 1.36. The molecule has 0 aromatic carbocycles. The van der Waals surface area contributed by atoms with E-state index in [0.29, 0.717) is 18.8 Å². The van der Waals surface area contributed by atoms with E-state index in [1.165, 1.54) is 0 Å². The third kappa shape index (κ3) is 4.38. The highest BCUT2D eigenvalue weighted by atomic mass is 16.4. The van der Waals surface area contributed by atoms with E-state index in [4.69, 9.17) is 10.9 Å². The van der Waals surface area contributed by atoms with Crippen molar-refractivity contribution in [3.8, 4) is 0 Å². The summed E-state index contributed by atoms with van der Waals surface area (Å²) in [5.74, 6) is -0.0225. The van der Waals surface area contributed by atoms with Gasteiger partial charge in [-0.3, -0.25) is 4.98 Å². The van der Waals surface area contributed by atoms with Gasteiger partial charge in [0.1, 0.15) is 5.69 Å². The summed E-state index contributed by atoms with van der Waals surface area (Å²) in [5.41, 5.74) is 5.99. The van der Waals surface area contributed by atoms with Crippen LogP contribution in [-0.4, -0.2) is 33.3 Å². The zero-order valence-electron chi connectivity index (χ0n) is 10.0. The number of oxime groups is 1. The molecule has 1 heterocycles. The molecule has 0 fully saturated rings. The average Bonchev–Trinajstić information content (AvgIpc) is 2.27. The number of nitrogens with two attached hydrogens (primary N) is 1. The van der Waals surface area contributed by atoms with E-state index in [1.807, 2.05) is 6.07 Å². The Kier molecular flexibility index (Phi) is 4.42. The van der Waals surface area contributed by atoms with Crippen molar-refractivity contribution in [3.63, 3.8) is 0 Å². The Bertz CT molecular complexity index is 399. The van der Waals surface area contributed by atoms with Crippen molar-refractivity contribution in [1.82, 2.24) is 10.3 Å². The molecule has 0 aliphatic carbocycles. The maximum atomic E-state index is 9.55. The van der Waals surface area contributed by atoms with Crippen LogP contribution in [0.1, 0.15) is 25.1 Å². The van der Waals surface area contributed by atoms with E-state index in [1.54, 1.807) is 26.1 Å². The maximum absolute atomic E-state index is 9.55. The molecule has 0 saturated heterocycles. The zero-order chi connectivity index (χ0) is 12.9. The Morgan fingerprint density at radius 1 is 1.59 bits per heavy atom. The average molecular weight is 238 g/mol. The molecule has 0 unspecified atom stereocenters. The normalized spacial score (nSPS) is 12.8. The van der Waals surface area contributed by atoms with Gasteiger partial charge in [-0.15, -0.1) is 0 Å². The van der Waals surface area contributed by atoms with Gasteiger partial charge in [0.15, 0.2) is 5.84 Å². The summed E-state index contributed by atoms with van der Waals surface area (Å²) in [4.78, 5) is 4.05. The molecule has 0 atom stereocenters. The second-order valence-electron chi connectivity index (χ2n) is 4.41. The van der Waals surface area contributed by atoms with Gasteiger partial charge >= 0.3 is 0 Å². The number of aliphatic hydroxyl groups is 1. The van der Waals surface area contributed by atoms with Crippen LogP contribution in [0.5, 0.6) is 0 Å². The van der Waals surface area contributed by atoms with Gasteiger partial charge in [-0.1, -0.05) is 11.2 Å². The number of pyridine rings is 1. The Labute approximate surface area is 100 Å². The lowest BCUT2D eigenvalue weighted by Crippen LogP contribution is -2.34. The van der Waals surface area contributed by atoms with Crippen LogP contribution in [0.25, 0.3) is 0 Å². The first-order valence-corrected chi connectivity index (χ1v) is 5.29. The first-order chi connectivity index (χ1) is 7.94. The van der Waals surface area contributed by atoms with Crippen molar-refractivity contribution in [2.24, 2.45) is 10.9 Å². The molecular formula is C11H18N4O2. The summed E-state index contributed by atoms with van der Waals surface area (Å²) >= 11 is 0. The van der Waals surface area contributed by atoms with Gasteiger partial charge in [-0.05, 0) is 25.5 Å². The van der Waals surface area contributed by atoms with Gasteiger partial charge in [0.2, 0.25) is 0 Å². The number of nitrogens with zero attached hydrogens (tertiary/aromatic N) is 2. The predicted molar refractivity (Wildman–Crippen MR) is 64.8 cm³/mol. The van der Waals surface area contributed by atoms with E-state index in [0.717, 1.165) is 5.56 Å². The van der Waals surface area contributed by atoms with Crippen LogP contribution >= 0.6 is 0 Å². The smallest absolute Gasteiger partial charge is 0.189 e. The molecule has 17 heavy (non-hydrogen) atoms. The van der Waals surface area contributed by atoms with Crippen LogP contribution in [0.15, 0.2) is 23.5 Å². The van der Waals surface area contributed by atoms with E-state index < -0.39 is 5.60 Å². The molecule has 1 aromatic rings. The molecule has 0 bridgehead atoms. The minimum absolute atomic E-state index is 0.0225. The highest BCUT2D eigenvalue weighted by Crippen LogP contribution is 2.05. The second kappa shape index (κ2) is 5.60. The second-order valence-corrected chi connectivity index (χ2v) is 4.41. The minimum Gasteiger partial charge on any atom is -0.409 e. The molecule has 0 aliphatic rings. The van der Waals surface area contributed by atoms with Crippen LogP contribution in [-0.2, 0) is 6.54 Å². The van der Waals surface area contributed by atoms with Crippen molar-refractivity contribution in [3.05, 3.63) is 29.6 Å². The van der Waals surface area contributed by atoms with E-state index in [9.17, 15) is 5.11 Å². The largest absolute Gasteiger partial charge is 0.409 e. The number of hydrogen-bond acceptors (Lipinski definition) is 5. The fraction of sp³-hybridized carbons (Fsp3) is 0.455. The third-order valence-electron chi connectivity index (χ3n) is 2.11. The van der Waals surface area contributed by atoms with Gasteiger partial charge in [0.25, 0.3) is 0 Å². The van der Waals surface area contributed by atoms with Gasteiger partial charge < -0.3 is 21.4 Å². The number of aromatic nitrogens is 1. The first kappa shape index (κ1) is 13.4. The van der Waals surface area contributed by atoms with Crippen molar-refractivity contribution >= 4 is 5.84 Å². The number of amidine groups is 1. The molecule has 6 heteroatoms. The van der Waals surface area contributed by atoms with Crippen molar-refractivity contribution in [2.45, 2.75) is 26.0 Å². The molecule has 0 amide bonds. The SMILES string of the molecule is CC(C)(O)CNCc1cccnc1C(N)=NO. The maximum Gasteiger partial charge on any atom is 0.189 e. The Morgan fingerprint density at radius 2 is 2.29 bits per heavy atom. The number of hydrogen-bond donors (Lipinski definition) is 4. The molecule has 0 saturated carbocycles. The lowest BCUT2D eigenvalue weighted by molar-refractivity contribution is 0.0795. The zero-order valence-corrected chi connectivity index (χ0v) is 10.0. The molecule has 0 spiro atoms. The summed E-state index contributed by atoms with van der Waals surface area (Å²) in [7, 11) is 0.